The van der Waals surface area contributed by atoms with Gasteiger partial charge in [-0.1, -0.05) is 18.2 Å². The molecular formula is C21H18FN2O4S+. The first kappa shape index (κ1) is 20.4. The van der Waals surface area contributed by atoms with Crippen molar-refractivity contribution >= 4 is 10.1 Å². The van der Waals surface area contributed by atoms with E-state index in [1.165, 1.54) is 24.3 Å². The quantitative estimate of drug-likeness (QED) is 0.407. The van der Waals surface area contributed by atoms with Crippen molar-refractivity contribution in [1.29, 1.82) is 0 Å². The predicted octanol–water partition coefficient (Wildman–Crippen LogP) is 3.91. The first-order valence-electron chi connectivity index (χ1n) is 8.53. The Morgan fingerprint density at radius 3 is 2.10 bits per heavy atom. The maximum Gasteiger partial charge on any atom is 0.294 e. The summed E-state index contributed by atoms with van der Waals surface area (Å²) in [7, 11) is -2.06. The Labute approximate surface area is 167 Å². The highest BCUT2D eigenvalue weighted by molar-refractivity contribution is 7.85. The number of benzene rings is 2. The molecule has 0 aliphatic rings. The summed E-state index contributed by atoms with van der Waals surface area (Å²) in [6.07, 6.45) is 5.50. The Morgan fingerprint density at radius 1 is 0.931 bits per heavy atom. The molecule has 0 spiro atoms. The minimum absolute atomic E-state index is 0.0741. The summed E-state index contributed by atoms with van der Waals surface area (Å²) in [5.74, 6) is 0.919. The summed E-state index contributed by atoms with van der Waals surface area (Å²) in [4.78, 5) is 4.17. The molecule has 2 aromatic heterocycles. The highest BCUT2D eigenvalue weighted by atomic mass is 32.2. The first-order chi connectivity index (χ1) is 13.8. The van der Waals surface area contributed by atoms with E-state index >= 15 is 0 Å². The third kappa shape index (κ3) is 5.56. The predicted molar refractivity (Wildman–Crippen MR) is 105 cm³/mol. The number of halogens is 1. The Bertz CT molecular complexity index is 1110. The van der Waals surface area contributed by atoms with Crippen LogP contribution in [-0.4, -0.2) is 18.0 Å². The second-order valence-corrected chi connectivity index (χ2v) is 7.50. The topological polar surface area (TPSA) is 84.3 Å². The first-order valence-corrected chi connectivity index (χ1v) is 9.97. The fourth-order valence-corrected chi connectivity index (χ4v) is 2.89. The minimum Gasteiger partial charge on any atom is -0.436 e. The molecule has 0 fully saturated rings. The van der Waals surface area contributed by atoms with Crippen LogP contribution in [0.1, 0.15) is 0 Å². The summed E-state index contributed by atoms with van der Waals surface area (Å²) in [5, 5.41) is 0. The summed E-state index contributed by atoms with van der Waals surface area (Å²) in [6, 6.07) is 17.4. The molecule has 0 aliphatic heterocycles. The molecule has 0 bridgehead atoms. The van der Waals surface area contributed by atoms with Gasteiger partial charge in [-0.2, -0.15) is 8.42 Å². The molecule has 8 heteroatoms. The molecule has 2 aromatic carbocycles. The number of aromatic nitrogens is 2. The third-order valence-corrected chi connectivity index (χ3v) is 4.77. The SMILES string of the molecule is C[n+]1ccc(-c2ncc(-c3ccc(F)cc3)o2)cc1.O=S(=O)(O)c1ccccc1. The van der Waals surface area contributed by atoms with E-state index in [4.69, 9.17) is 8.97 Å². The lowest BCUT2D eigenvalue weighted by Gasteiger charge is -1.96. The zero-order valence-electron chi connectivity index (χ0n) is 15.4. The standard InChI is InChI=1S/C15H12FN2O.C6H6O3S/c1-18-8-6-12(7-9-18)15-17-10-14(19-15)11-2-4-13(16)5-3-11;7-10(8,9)6-4-2-1-3-5-6/h2-10H,1H3;1-5H,(H,7,8,9)/q+1;. The van der Waals surface area contributed by atoms with Gasteiger partial charge in [0.15, 0.2) is 18.2 Å². The van der Waals surface area contributed by atoms with Crippen molar-refractivity contribution in [3.8, 4) is 22.8 Å². The average Bonchev–Trinajstić information content (AvgIpc) is 3.20. The zero-order valence-corrected chi connectivity index (χ0v) is 16.3. The van der Waals surface area contributed by atoms with Gasteiger partial charge in [0, 0.05) is 23.3 Å². The van der Waals surface area contributed by atoms with Crippen molar-refractivity contribution in [1.82, 2.24) is 4.98 Å². The van der Waals surface area contributed by atoms with Gasteiger partial charge in [0.25, 0.3) is 10.1 Å². The van der Waals surface area contributed by atoms with Crippen LogP contribution in [0, 0.1) is 5.82 Å². The van der Waals surface area contributed by atoms with Crippen LogP contribution < -0.4 is 4.57 Å². The zero-order chi connectivity index (χ0) is 20.9. The molecule has 4 aromatic rings. The van der Waals surface area contributed by atoms with Gasteiger partial charge in [0.05, 0.1) is 11.1 Å². The van der Waals surface area contributed by atoms with Crippen molar-refractivity contribution in [2.45, 2.75) is 4.90 Å². The van der Waals surface area contributed by atoms with Gasteiger partial charge in [-0.25, -0.2) is 13.9 Å². The van der Waals surface area contributed by atoms with Gasteiger partial charge in [0.1, 0.15) is 12.9 Å². The molecule has 0 saturated carbocycles. The molecule has 148 valence electrons. The molecule has 0 saturated heterocycles. The van der Waals surface area contributed by atoms with Crippen molar-refractivity contribution in [3.05, 3.63) is 91.1 Å². The van der Waals surface area contributed by atoms with Crippen LogP contribution in [0.3, 0.4) is 0 Å². The average molecular weight is 413 g/mol. The van der Waals surface area contributed by atoms with E-state index in [9.17, 15) is 12.8 Å². The van der Waals surface area contributed by atoms with Gasteiger partial charge in [0.2, 0.25) is 5.89 Å². The Balaban J connectivity index is 0.000000204. The van der Waals surface area contributed by atoms with Crippen LogP contribution in [0.15, 0.2) is 94.6 Å². The Hall–Kier alpha value is -3.36. The second kappa shape index (κ2) is 8.76. The lowest BCUT2D eigenvalue weighted by atomic mass is 10.2. The van der Waals surface area contributed by atoms with E-state index in [-0.39, 0.29) is 10.7 Å². The van der Waals surface area contributed by atoms with Crippen molar-refractivity contribution in [2.24, 2.45) is 7.05 Å². The molecule has 6 nitrogen and oxygen atoms in total. The largest absolute Gasteiger partial charge is 0.436 e. The van der Waals surface area contributed by atoms with E-state index < -0.39 is 10.1 Å². The molecule has 0 radical (unpaired) electrons. The van der Waals surface area contributed by atoms with Crippen molar-refractivity contribution < 1.29 is 26.3 Å². The number of nitrogens with zero attached hydrogens (tertiary/aromatic N) is 2. The number of hydrogen-bond acceptors (Lipinski definition) is 4. The van der Waals surface area contributed by atoms with Gasteiger partial charge in [-0.15, -0.1) is 0 Å². The minimum atomic E-state index is -4.00. The monoisotopic (exact) mass is 413 g/mol. The van der Waals surface area contributed by atoms with Crippen LogP contribution in [0.5, 0.6) is 0 Å². The van der Waals surface area contributed by atoms with E-state index in [1.807, 2.05) is 36.1 Å². The number of pyridine rings is 1. The second-order valence-electron chi connectivity index (χ2n) is 6.08. The van der Waals surface area contributed by atoms with E-state index in [0.29, 0.717) is 11.7 Å². The van der Waals surface area contributed by atoms with Crippen LogP contribution in [0.25, 0.3) is 22.8 Å². The molecule has 4 rings (SSSR count). The number of aryl methyl sites for hydroxylation is 1. The molecule has 0 aliphatic carbocycles. The molecule has 0 amide bonds. The fraction of sp³-hybridized carbons (Fsp3) is 0.0476. The molecule has 1 N–H and O–H groups in total. The van der Waals surface area contributed by atoms with Crippen LogP contribution in [-0.2, 0) is 17.2 Å². The van der Waals surface area contributed by atoms with Gasteiger partial charge in [-0.05, 0) is 36.4 Å². The fourth-order valence-electron chi connectivity index (χ4n) is 2.39. The normalized spacial score (nSPS) is 10.9. The highest BCUT2D eigenvalue weighted by Gasteiger charge is 2.09. The lowest BCUT2D eigenvalue weighted by Crippen LogP contribution is -2.25. The maximum absolute atomic E-state index is 12.9. The van der Waals surface area contributed by atoms with Gasteiger partial charge in [-0.3, -0.25) is 4.55 Å². The smallest absolute Gasteiger partial charge is 0.294 e. The van der Waals surface area contributed by atoms with Crippen LogP contribution >= 0.6 is 0 Å². The van der Waals surface area contributed by atoms with E-state index in [1.54, 1.807) is 36.5 Å². The van der Waals surface area contributed by atoms with Crippen LogP contribution in [0.4, 0.5) is 4.39 Å². The van der Waals surface area contributed by atoms with Gasteiger partial charge < -0.3 is 4.42 Å². The summed E-state index contributed by atoms with van der Waals surface area (Å²) >= 11 is 0. The summed E-state index contributed by atoms with van der Waals surface area (Å²) in [5.41, 5.74) is 1.72. The van der Waals surface area contributed by atoms with E-state index in [2.05, 4.69) is 4.98 Å². The third-order valence-electron chi connectivity index (χ3n) is 3.90. The number of rotatable bonds is 3. The van der Waals surface area contributed by atoms with E-state index in [0.717, 1.165) is 11.1 Å². The molecular weight excluding hydrogens is 395 g/mol. The maximum atomic E-state index is 12.9. The van der Waals surface area contributed by atoms with Gasteiger partial charge >= 0.3 is 0 Å². The number of oxazole rings is 1. The molecule has 29 heavy (non-hydrogen) atoms. The van der Waals surface area contributed by atoms with Crippen LogP contribution in [0.2, 0.25) is 0 Å². The lowest BCUT2D eigenvalue weighted by molar-refractivity contribution is -0.671. The Kier molecular flexibility index (Phi) is 6.16. The molecule has 0 atom stereocenters. The number of hydrogen-bond donors (Lipinski definition) is 1. The molecule has 2 heterocycles. The molecule has 0 unspecified atom stereocenters. The summed E-state index contributed by atoms with van der Waals surface area (Å²) < 4.78 is 49.7. The van der Waals surface area contributed by atoms with Crippen molar-refractivity contribution in [3.63, 3.8) is 0 Å². The Morgan fingerprint density at radius 2 is 1.55 bits per heavy atom. The van der Waals surface area contributed by atoms with Crippen molar-refractivity contribution in [2.75, 3.05) is 0 Å². The summed E-state index contributed by atoms with van der Waals surface area (Å²) in [6.45, 7) is 0. The highest BCUT2D eigenvalue weighted by Crippen LogP contribution is 2.25.